The molecule has 1 aliphatic heterocycles. The molecule has 1 aliphatic rings. The van der Waals surface area contributed by atoms with E-state index in [1.807, 2.05) is 23.1 Å². The van der Waals surface area contributed by atoms with Crippen molar-refractivity contribution in [3.05, 3.63) is 30.0 Å². The zero-order valence-electron chi connectivity index (χ0n) is 11.1. The van der Waals surface area contributed by atoms with Crippen LogP contribution in [0, 0.1) is 5.92 Å². The summed E-state index contributed by atoms with van der Waals surface area (Å²) in [5.74, 6) is 0.770. The van der Waals surface area contributed by atoms with Gasteiger partial charge in [0.05, 0.1) is 5.56 Å². The normalized spacial score (nSPS) is 19.2. The zero-order chi connectivity index (χ0) is 13.4. The summed E-state index contributed by atoms with van der Waals surface area (Å²) in [6.45, 7) is 3.93. The number of nitrogens with zero attached hydrogens (tertiary/aromatic N) is 1. The Balaban J connectivity index is 1.92. The summed E-state index contributed by atoms with van der Waals surface area (Å²) in [5, 5.41) is 0.921. The number of nitrogens with one attached hydrogen (secondary N) is 1. The average Bonchev–Trinajstić information content (AvgIpc) is 3.04. The lowest BCUT2D eigenvalue weighted by Crippen LogP contribution is -2.28. The topological polar surface area (TPSA) is 62.1 Å². The zero-order valence-corrected chi connectivity index (χ0v) is 11.1. The Labute approximate surface area is 112 Å². The Kier molecular flexibility index (Phi) is 2.93. The molecule has 1 atom stereocenters. The Bertz CT molecular complexity index is 617. The summed E-state index contributed by atoms with van der Waals surface area (Å²) in [7, 11) is 0. The van der Waals surface area contributed by atoms with Crippen LogP contribution in [-0.4, -0.2) is 28.9 Å². The van der Waals surface area contributed by atoms with Crippen molar-refractivity contribution >= 4 is 22.5 Å². The third-order valence-electron chi connectivity index (χ3n) is 4.09. The van der Waals surface area contributed by atoms with Crippen LogP contribution in [0.2, 0.25) is 0 Å². The largest absolute Gasteiger partial charge is 0.399 e. The van der Waals surface area contributed by atoms with E-state index in [1.54, 1.807) is 6.20 Å². The van der Waals surface area contributed by atoms with Crippen LogP contribution in [0.15, 0.2) is 24.4 Å². The molecule has 1 aromatic carbocycles. The Morgan fingerprint density at radius 3 is 3.11 bits per heavy atom. The van der Waals surface area contributed by atoms with Gasteiger partial charge in [-0.05, 0) is 30.5 Å². The van der Waals surface area contributed by atoms with Crippen molar-refractivity contribution in [2.45, 2.75) is 19.8 Å². The van der Waals surface area contributed by atoms with E-state index in [1.165, 1.54) is 0 Å². The number of amides is 1. The average molecular weight is 257 g/mol. The van der Waals surface area contributed by atoms with Gasteiger partial charge in [-0.25, -0.2) is 0 Å². The summed E-state index contributed by atoms with van der Waals surface area (Å²) < 4.78 is 0. The highest BCUT2D eigenvalue weighted by molar-refractivity contribution is 6.07. The van der Waals surface area contributed by atoms with Crippen LogP contribution >= 0.6 is 0 Å². The predicted molar refractivity (Wildman–Crippen MR) is 77.0 cm³/mol. The summed E-state index contributed by atoms with van der Waals surface area (Å²) in [6.07, 6.45) is 4.06. The minimum atomic E-state index is 0.118. The first-order valence-electron chi connectivity index (χ1n) is 6.85. The summed E-state index contributed by atoms with van der Waals surface area (Å²) in [4.78, 5) is 17.7. The van der Waals surface area contributed by atoms with Gasteiger partial charge in [-0.15, -0.1) is 0 Å². The number of aromatic nitrogens is 1. The van der Waals surface area contributed by atoms with Gasteiger partial charge >= 0.3 is 0 Å². The SMILES string of the molecule is CCC1CCN(C(=O)c2c[nH]c3ccc(N)cc23)C1. The molecule has 0 aliphatic carbocycles. The molecule has 2 heterocycles. The van der Waals surface area contributed by atoms with E-state index in [0.717, 1.165) is 42.4 Å². The predicted octanol–water partition coefficient (Wildman–Crippen LogP) is 2.62. The van der Waals surface area contributed by atoms with Crippen molar-refractivity contribution in [1.82, 2.24) is 9.88 Å². The molecule has 0 saturated carbocycles. The number of nitrogens with two attached hydrogens (primary N) is 1. The number of rotatable bonds is 2. The van der Waals surface area contributed by atoms with Crippen molar-refractivity contribution < 1.29 is 4.79 Å². The molecule has 4 nitrogen and oxygen atoms in total. The van der Waals surface area contributed by atoms with Crippen molar-refractivity contribution in [3.8, 4) is 0 Å². The van der Waals surface area contributed by atoms with Crippen LogP contribution in [0.25, 0.3) is 10.9 Å². The van der Waals surface area contributed by atoms with Gasteiger partial charge in [0, 0.05) is 35.9 Å². The molecule has 0 radical (unpaired) electrons. The van der Waals surface area contributed by atoms with Gasteiger partial charge in [0.1, 0.15) is 0 Å². The number of aromatic amines is 1. The summed E-state index contributed by atoms with van der Waals surface area (Å²) >= 11 is 0. The van der Waals surface area contributed by atoms with E-state index >= 15 is 0 Å². The Hall–Kier alpha value is -1.97. The van der Waals surface area contributed by atoms with Gasteiger partial charge in [0.25, 0.3) is 5.91 Å². The van der Waals surface area contributed by atoms with Gasteiger partial charge in [-0.3, -0.25) is 4.79 Å². The first-order chi connectivity index (χ1) is 9.19. The fraction of sp³-hybridized carbons (Fsp3) is 0.400. The van der Waals surface area contributed by atoms with Crippen LogP contribution in [0.1, 0.15) is 30.1 Å². The minimum absolute atomic E-state index is 0.118. The van der Waals surface area contributed by atoms with Crippen LogP contribution in [0.3, 0.4) is 0 Å². The van der Waals surface area contributed by atoms with E-state index in [4.69, 9.17) is 5.73 Å². The lowest BCUT2D eigenvalue weighted by molar-refractivity contribution is 0.0789. The highest BCUT2D eigenvalue weighted by Gasteiger charge is 2.27. The van der Waals surface area contributed by atoms with E-state index in [-0.39, 0.29) is 5.91 Å². The van der Waals surface area contributed by atoms with Crippen molar-refractivity contribution in [3.63, 3.8) is 0 Å². The first kappa shape index (κ1) is 12.1. The quantitative estimate of drug-likeness (QED) is 0.812. The standard InChI is InChI=1S/C15H19N3O/c1-2-10-5-6-18(9-10)15(19)13-8-17-14-4-3-11(16)7-12(13)14/h3-4,7-8,10,17H,2,5-6,9,16H2,1H3. The smallest absolute Gasteiger partial charge is 0.256 e. The Morgan fingerprint density at radius 1 is 1.53 bits per heavy atom. The molecule has 3 rings (SSSR count). The number of benzene rings is 1. The second kappa shape index (κ2) is 4.61. The number of carbonyl (C=O) groups excluding carboxylic acids is 1. The minimum Gasteiger partial charge on any atom is -0.399 e. The maximum absolute atomic E-state index is 12.6. The molecule has 0 bridgehead atoms. The van der Waals surface area contributed by atoms with E-state index in [9.17, 15) is 4.79 Å². The number of hydrogen-bond donors (Lipinski definition) is 2. The van der Waals surface area contributed by atoms with Crippen molar-refractivity contribution in [1.29, 1.82) is 0 Å². The van der Waals surface area contributed by atoms with Crippen LogP contribution in [0.4, 0.5) is 5.69 Å². The molecule has 4 heteroatoms. The monoisotopic (exact) mass is 257 g/mol. The number of hydrogen-bond acceptors (Lipinski definition) is 2. The molecule has 1 saturated heterocycles. The lowest BCUT2D eigenvalue weighted by Gasteiger charge is -2.15. The van der Waals surface area contributed by atoms with E-state index in [2.05, 4.69) is 11.9 Å². The molecule has 2 aromatic rings. The number of carbonyl (C=O) groups is 1. The number of nitrogen functional groups attached to an aromatic ring is 1. The maximum Gasteiger partial charge on any atom is 0.256 e. The third kappa shape index (κ3) is 2.07. The number of anilines is 1. The molecule has 1 fully saturated rings. The molecular formula is C15H19N3O. The van der Waals surface area contributed by atoms with E-state index in [0.29, 0.717) is 11.6 Å². The molecule has 1 unspecified atom stereocenters. The number of fused-ring (bicyclic) bond motifs is 1. The highest BCUT2D eigenvalue weighted by atomic mass is 16.2. The molecule has 100 valence electrons. The van der Waals surface area contributed by atoms with E-state index < -0.39 is 0 Å². The molecule has 0 spiro atoms. The van der Waals surface area contributed by atoms with Gasteiger partial charge < -0.3 is 15.6 Å². The highest BCUT2D eigenvalue weighted by Crippen LogP contribution is 2.25. The van der Waals surface area contributed by atoms with Gasteiger partial charge in [-0.1, -0.05) is 13.3 Å². The number of likely N-dealkylation sites (tertiary alicyclic amines) is 1. The molecule has 3 N–H and O–H groups in total. The maximum atomic E-state index is 12.6. The Morgan fingerprint density at radius 2 is 2.37 bits per heavy atom. The summed E-state index contributed by atoms with van der Waals surface area (Å²) in [6, 6.07) is 5.63. The third-order valence-corrected chi connectivity index (χ3v) is 4.09. The molecule has 1 amide bonds. The second-order valence-electron chi connectivity index (χ2n) is 5.32. The number of H-pyrrole nitrogens is 1. The van der Waals surface area contributed by atoms with Gasteiger partial charge in [-0.2, -0.15) is 0 Å². The van der Waals surface area contributed by atoms with Crippen LogP contribution in [0.5, 0.6) is 0 Å². The van der Waals surface area contributed by atoms with Crippen molar-refractivity contribution in [2.24, 2.45) is 5.92 Å². The summed E-state index contributed by atoms with van der Waals surface area (Å²) in [5.41, 5.74) is 8.20. The molecular weight excluding hydrogens is 238 g/mol. The van der Waals surface area contributed by atoms with Gasteiger partial charge in [0.15, 0.2) is 0 Å². The molecule has 19 heavy (non-hydrogen) atoms. The lowest BCUT2D eigenvalue weighted by atomic mass is 10.1. The van der Waals surface area contributed by atoms with Crippen molar-refractivity contribution in [2.75, 3.05) is 18.8 Å². The van der Waals surface area contributed by atoms with Gasteiger partial charge in [0.2, 0.25) is 0 Å². The second-order valence-corrected chi connectivity index (χ2v) is 5.32. The first-order valence-corrected chi connectivity index (χ1v) is 6.85. The fourth-order valence-corrected chi connectivity index (χ4v) is 2.84. The fourth-order valence-electron chi connectivity index (χ4n) is 2.84. The molecule has 1 aromatic heterocycles. The van der Waals surface area contributed by atoms with Crippen LogP contribution in [-0.2, 0) is 0 Å². The van der Waals surface area contributed by atoms with Crippen LogP contribution < -0.4 is 5.73 Å².